The number of carbonyl (C=O) groups is 2. The van der Waals surface area contributed by atoms with Crippen LogP contribution >= 0.6 is 0 Å². The molecule has 0 atom stereocenters. The van der Waals surface area contributed by atoms with Crippen LogP contribution in [0.25, 0.3) is 0 Å². The Morgan fingerprint density at radius 3 is 1.45 bits per heavy atom. The first-order valence-electron chi connectivity index (χ1n) is 9.41. The largest absolute Gasteiger partial charge is 0.493 e. The van der Waals surface area contributed by atoms with Crippen LogP contribution in [0.15, 0.2) is 36.4 Å². The Balaban J connectivity index is 1.99. The Morgan fingerprint density at radius 2 is 1.09 bits per heavy atom. The van der Waals surface area contributed by atoms with Gasteiger partial charge in [0.15, 0.2) is 23.0 Å². The van der Waals surface area contributed by atoms with Gasteiger partial charge in [-0.25, -0.2) is 9.59 Å². The molecule has 0 spiro atoms. The minimum atomic E-state index is -0.877. The summed E-state index contributed by atoms with van der Waals surface area (Å²) in [6.45, 7) is 3.21. The summed E-state index contributed by atoms with van der Waals surface area (Å²) in [6.07, 6.45) is -0.457. The Hall–Kier alpha value is -3.54. The Labute approximate surface area is 190 Å². The molecule has 2 rings (SSSR count). The molecule has 0 heterocycles. The fraction of sp³-hybridized carbons (Fsp3) is 0.273. The smallest absolute Gasteiger partial charge is 0.373 e. The Morgan fingerprint density at radius 1 is 0.667 bits per heavy atom. The molecule has 2 aromatic rings. The number of rotatable bonds is 13. The summed E-state index contributed by atoms with van der Waals surface area (Å²) in [7, 11) is 5.77. The van der Waals surface area contributed by atoms with Crippen molar-refractivity contribution in [2.45, 2.75) is 0 Å². The summed E-state index contributed by atoms with van der Waals surface area (Å²) in [5, 5.41) is 0. The van der Waals surface area contributed by atoms with Gasteiger partial charge in [-0.1, -0.05) is 0 Å². The maximum absolute atomic E-state index is 12.3. The predicted molar refractivity (Wildman–Crippen MR) is 112 cm³/mol. The zero-order valence-corrected chi connectivity index (χ0v) is 18.6. The van der Waals surface area contributed by atoms with Crippen LogP contribution in [0.2, 0.25) is 0 Å². The average molecular weight is 464 g/mol. The van der Waals surface area contributed by atoms with Crippen LogP contribution < -0.4 is 18.9 Å². The molecule has 0 bridgehead atoms. The number of hydrogen-bond acceptors (Lipinski definition) is 11. The van der Waals surface area contributed by atoms with Gasteiger partial charge in [0.2, 0.25) is 0 Å². The standard InChI is InChI=1S/C22H24O11/c1-6-29-13-20(30-32-21(23)14-7-9-16(25-2)18(11-14)27-4)31-33-22(24)15-8-10-17(26-3)19(12-15)28-5/h7-12H,1,6,13H2,2-5H3. The first-order valence-corrected chi connectivity index (χ1v) is 9.41. The maximum atomic E-state index is 12.3. The van der Waals surface area contributed by atoms with Crippen LogP contribution in [-0.2, 0) is 24.3 Å². The van der Waals surface area contributed by atoms with Crippen molar-refractivity contribution in [2.24, 2.45) is 0 Å². The molecule has 2 radical (unpaired) electrons. The van der Waals surface area contributed by atoms with Gasteiger partial charge < -0.3 is 23.7 Å². The zero-order chi connectivity index (χ0) is 24.2. The second-order valence-corrected chi connectivity index (χ2v) is 5.97. The highest BCUT2D eigenvalue weighted by atomic mass is 17.3. The van der Waals surface area contributed by atoms with Gasteiger partial charge in [0.05, 0.1) is 39.6 Å². The number of ether oxygens (including phenoxy) is 5. The van der Waals surface area contributed by atoms with E-state index in [1.807, 2.05) is 0 Å². The molecule has 33 heavy (non-hydrogen) atoms. The second kappa shape index (κ2) is 13.1. The third-order valence-corrected chi connectivity index (χ3v) is 4.02. The molecule has 0 aromatic heterocycles. The molecule has 0 aliphatic rings. The molecule has 0 N–H and O–H groups in total. The molecule has 0 saturated carbocycles. The van der Waals surface area contributed by atoms with Gasteiger partial charge in [-0.3, -0.25) is 9.78 Å². The molecule has 0 saturated heterocycles. The van der Waals surface area contributed by atoms with Crippen LogP contribution in [0.3, 0.4) is 0 Å². The molecule has 11 nitrogen and oxygen atoms in total. The Kier molecular flexibility index (Phi) is 10.2. The van der Waals surface area contributed by atoms with Gasteiger partial charge in [0, 0.05) is 6.61 Å². The van der Waals surface area contributed by atoms with E-state index in [4.69, 9.17) is 43.2 Å². The molecule has 178 valence electrons. The highest BCUT2D eigenvalue weighted by molar-refractivity contribution is 5.90. The number of benzene rings is 2. The van der Waals surface area contributed by atoms with E-state index in [0.29, 0.717) is 23.0 Å². The van der Waals surface area contributed by atoms with Gasteiger partial charge in [-0.05, 0) is 43.3 Å². The van der Waals surface area contributed by atoms with Crippen molar-refractivity contribution >= 4 is 11.9 Å². The Bertz CT molecular complexity index is 857. The van der Waals surface area contributed by atoms with Crippen LogP contribution in [0.1, 0.15) is 20.7 Å². The maximum Gasteiger partial charge on any atom is 0.373 e. The zero-order valence-electron chi connectivity index (χ0n) is 18.6. The summed E-state index contributed by atoms with van der Waals surface area (Å²) in [4.78, 5) is 43.8. The lowest BCUT2D eigenvalue weighted by molar-refractivity contribution is -0.368. The molecule has 0 fully saturated rings. The normalized spacial score (nSPS) is 10.5. The van der Waals surface area contributed by atoms with E-state index < -0.39 is 18.2 Å². The van der Waals surface area contributed by atoms with E-state index in [9.17, 15) is 9.59 Å². The summed E-state index contributed by atoms with van der Waals surface area (Å²) < 4.78 is 25.6. The van der Waals surface area contributed by atoms with E-state index in [1.165, 1.54) is 64.8 Å². The van der Waals surface area contributed by atoms with E-state index in [2.05, 4.69) is 6.92 Å². The van der Waals surface area contributed by atoms with E-state index in [-0.39, 0.29) is 24.3 Å². The lowest BCUT2D eigenvalue weighted by Gasteiger charge is -2.14. The number of hydrogen-bond donors (Lipinski definition) is 0. The fourth-order valence-electron chi connectivity index (χ4n) is 2.41. The molecule has 0 aliphatic carbocycles. The third-order valence-electron chi connectivity index (χ3n) is 4.02. The third kappa shape index (κ3) is 7.24. The van der Waals surface area contributed by atoms with Crippen LogP contribution in [0.5, 0.6) is 23.0 Å². The molecular weight excluding hydrogens is 440 g/mol. The van der Waals surface area contributed by atoms with Crippen molar-refractivity contribution in [3.63, 3.8) is 0 Å². The first kappa shape index (κ1) is 25.7. The fourth-order valence-corrected chi connectivity index (χ4v) is 2.41. The summed E-state index contributed by atoms with van der Waals surface area (Å²) in [5.74, 6) is -0.267. The van der Waals surface area contributed by atoms with Crippen molar-refractivity contribution < 1.29 is 52.8 Å². The molecule has 2 aromatic carbocycles. The molecular formula is C22H24O11. The topological polar surface area (TPSA) is 117 Å². The van der Waals surface area contributed by atoms with Crippen LogP contribution in [0.4, 0.5) is 0 Å². The average Bonchev–Trinajstić information content (AvgIpc) is 2.86. The highest BCUT2D eigenvalue weighted by Gasteiger charge is 2.23. The highest BCUT2D eigenvalue weighted by Crippen LogP contribution is 2.29. The summed E-state index contributed by atoms with van der Waals surface area (Å²) >= 11 is 0. The van der Waals surface area contributed by atoms with E-state index >= 15 is 0 Å². The van der Waals surface area contributed by atoms with Gasteiger partial charge >= 0.3 is 18.2 Å². The lowest BCUT2D eigenvalue weighted by atomic mass is 10.2. The number of carbonyl (C=O) groups excluding carboxylic acids is 2. The van der Waals surface area contributed by atoms with Gasteiger partial charge in [-0.2, -0.15) is 0 Å². The summed E-state index contributed by atoms with van der Waals surface area (Å²) in [6, 6.07) is 8.72. The summed E-state index contributed by atoms with van der Waals surface area (Å²) in [5.41, 5.74) is 0.208. The monoisotopic (exact) mass is 464 g/mol. The minimum Gasteiger partial charge on any atom is -0.493 e. The molecule has 0 aliphatic heterocycles. The molecule has 0 unspecified atom stereocenters. The van der Waals surface area contributed by atoms with Crippen molar-refractivity contribution in [3.05, 3.63) is 60.7 Å². The van der Waals surface area contributed by atoms with E-state index in [1.54, 1.807) is 0 Å². The SMILES string of the molecule is [CH2]COC[C](OOC(=O)c1ccc(OC)c(OC)c1)OOC(=O)c1ccc(OC)c(OC)c1. The van der Waals surface area contributed by atoms with Crippen molar-refractivity contribution in [1.82, 2.24) is 0 Å². The van der Waals surface area contributed by atoms with Gasteiger partial charge in [0.1, 0.15) is 6.61 Å². The second-order valence-electron chi connectivity index (χ2n) is 5.97. The van der Waals surface area contributed by atoms with Gasteiger partial charge in [0.25, 0.3) is 0 Å². The van der Waals surface area contributed by atoms with Crippen LogP contribution in [0, 0.1) is 13.2 Å². The number of methoxy groups -OCH3 is 4. The van der Waals surface area contributed by atoms with Crippen molar-refractivity contribution in [3.8, 4) is 23.0 Å². The predicted octanol–water partition coefficient (Wildman–Crippen LogP) is 2.94. The van der Waals surface area contributed by atoms with Crippen molar-refractivity contribution in [1.29, 1.82) is 0 Å². The lowest BCUT2D eigenvalue weighted by Crippen LogP contribution is -2.20. The van der Waals surface area contributed by atoms with E-state index in [0.717, 1.165) is 0 Å². The first-order chi connectivity index (χ1) is 16.0. The molecule has 0 amide bonds. The van der Waals surface area contributed by atoms with Crippen molar-refractivity contribution in [2.75, 3.05) is 41.7 Å². The van der Waals surface area contributed by atoms with Crippen LogP contribution in [-0.4, -0.2) is 53.6 Å². The quantitative estimate of drug-likeness (QED) is 0.322. The van der Waals surface area contributed by atoms with Gasteiger partial charge in [-0.15, -0.1) is 9.78 Å². The molecule has 11 heteroatoms. The minimum absolute atomic E-state index is 0.0451.